The number of rotatable bonds is 8. The fraction of sp³-hybridized carbons (Fsp3) is 0.464. The van der Waals surface area contributed by atoms with Gasteiger partial charge in [-0.2, -0.15) is 0 Å². The first kappa shape index (κ1) is 24.8. The van der Waals surface area contributed by atoms with Crippen LogP contribution in [0.1, 0.15) is 63.0 Å². The monoisotopic (exact) mass is 478 g/mol. The molecular formula is C28H34N2O5. The minimum absolute atomic E-state index is 0.0388. The van der Waals surface area contributed by atoms with E-state index in [1.54, 1.807) is 0 Å². The van der Waals surface area contributed by atoms with Crippen molar-refractivity contribution < 1.29 is 24.2 Å². The first-order chi connectivity index (χ1) is 16.8. The molecular weight excluding hydrogens is 444 g/mol. The Labute approximate surface area is 206 Å². The summed E-state index contributed by atoms with van der Waals surface area (Å²) in [4.78, 5) is 37.1. The van der Waals surface area contributed by atoms with Crippen molar-refractivity contribution in [3.05, 3.63) is 59.7 Å². The Hall–Kier alpha value is -3.35. The molecule has 186 valence electrons. The van der Waals surface area contributed by atoms with Gasteiger partial charge in [0.25, 0.3) is 0 Å². The fourth-order valence-corrected chi connectivity index (χ4v) is 5.44. The van der Waals surface area contributed by atoms with Crippen LogP contribution in [0.2, 0.25) is 0 Å². The third kappa shape index (κ3) is 5.66. The number of carbonyl (C=O) groups is 3. The molecule has 2 aromatic carbocycles. The third-order valence-electron chi connectivity index (χ3n) is 7.24. The number of carboxylic acids is 1. The Morgan fingerprint density at radius 2 is 1.57 bits per heavy atom. The number of aliphatic carboxylic acids is 1. The second-order valence-electron chi connectivity index (χ2n) is 9.95. The summed E-state index contributed by atoms with van der Waals surface area (Å²) in [5.41, 5.74) is 4.56. The lowest BCUT2D eigenvalue weighted by Gasteiger charge is -2.33. The number of carboxylic acid groups (broad SMARTS) is 1. The maximum absolute atomic E-state index is 13.1. The van der Waals surface area contributed by atoms with Gasteiger partial charge in [-0.25, -0.2) is 4.79 Å². The summed E-state index contributed by atoms with van der Waals surface area (Å²) in [5.74, 6) is -1.45. The lowest BCUT2D eigenvalue weighted by atomic mass is 9.82. The molecule has 3 N–H and O–H groups in total. The lowest BCUT2D eigenvalue weighted by molar-refractivity contribution is -0.139. The number of nitrogens with one attached hydrogen (secondary N) is 2. The number of alkyl carbamates (subject to hydrolysis) is 1. The highest BCUT2D eigenvalue weighted by Gasteiger charge is 2.33. The Bertz CT molecular complexity index is 1040. The van der Waals surface area contributed by atoms with Crippen LogP contribution in [0.15, 0.2) is 48.5 Å². The maximum Gasteiger partial charge on any atom is 0.407 e. The third-order valence-corrected chi connectivity index (χ3v) is 7.24. The highest BCUT2D eigenvalue weighted by Crippen LogP contribution is 2.44. The Kier molecular flexibility index (Phi) is 7.73. The van der Waals surface area contributed by atoms with E-state index in [2.05, 4.69) is 34.9 Å². The normalized spacial score (nSPS) is 20.0. The summed E-state index contributed by atoms with van der Waals surface area (Å²) in [7, 11) is 0. The topological polar surface area (TPSA) is 105 Å². The van der Waals surface area contributed by atoms with Gasteiger partial charge in [0.1, 0.15) is 12.6 Å². The molecule has 2 amide bonds. The maximum atomic E-state index is 13.1. The molecule has 35 heavy (non-hydrogen) atoms. The largest absolute Gasteiger partial charge is 0.481 e. The van der Waals surface area contributed by atoms with Crippen LogP contribution < -0.4 is 10.6 Å². The first-order valence-corrected chi connectivity index (χ1v) is 12.5. The van der Waals surface area contributed by atoms with Gasteiger partial charge in [0.05, 0.1) is 6.42 Å². The van der Waals surface area contributed by atoms with Gasteiger partial charge in [-0.15, -0.1) is 0 Å². The molecule has 1 fully saturated rings. The highest BCUT2D eigenvalue weighted by atomic mass is 16.5. The van der Waals surface area contributed by atoms with Crippen molar-refractivity contribution >= 4 is 18.0 Å². The fourth-order valence-electron chi connectivity index (χ4n) is 5.44. The van der Waals surface area contributed by atoms with Crippen LogP contribution in [-0.2, 0) is 14.3 Å². The number of fused-ring (bicyclic) bond motifs is 3. The van der Waals surface area contributed by atoms with Gasteiger partial charge < -0.3 is 20.5 Å². The Morgan fingerprint density at radius 3 is 2.17 bits per heavy atom. The molecule has 0 aromatic heterocycles. The smallest absolute Gasteiger partial charge is 0.407 e. The average molecular weight is 479 g/mol. The van der Waals surface area contributed by atoms with Gasteiger partial charge in [0.2, 0.25) is 5.91 Å². The molecule has 0 aliphatic heterocycles. The van der Waals surface area contributed by atoms with Crippen molar-refractivity contribution in [3.8, 4) is 11.1 Å². The number of amides is 2. The molecule has 2 aliphatic rings. The SMILES string of the molecule is CC(C)C(NC(=O)OCC1c2ccccc2-c2ccccc21)C(=O)NC1CCCCC1CC(=O)O. The number of ether oxygens (including phenoxy) is 1. The molecule has 4 rings (SSSR count). The van der Waals surface area contributed by atoms with Crippen LogP contribution >= 0.6 is 0 Å². The summed E-state index contributed by atoms with van der Waals surface area (Å²) in [6.07, 6.45) is 2.86. The van der Waals surface area contributed by atoms with E-state index in [1.165, 1.54) is 0 Å². The first-order valence-electron chi connectivity index (χ1n) is 12.5. The number of hydrogen-bond acceptors (Lipinski definition) is 4. The Morgan fingerprint density at radius 1 is 0.971 bits per heavy atom. The van der Waals surface area contributed by atoms with Crippen molar-refractivity contribution in [1.29, 1.82) is 0 Å². The quantitative estimate of drug-likeness (QED) is 0.510. The minimum Gasteiger partial charge on any atom is -0.481 e. The molecule has 1 saturated carbocycles. The zero-order valence-corrected chi connectivity index (χ0v) is 20.3. The predicted octanol–water partition coefficient (Wildman–Crippen LogP) is 4.70. The average Bonchev–Trinajstić information content (AvgIpc) is 3.15. The number of carbonyl (C=O) groups excluding carboxylic acids is 2. The molecule has 0 heterocycles. The van der Waals surface area contributed by atoms with Crippen LogP contribution in [0.25, 0.3) is 11.1 Å². The second kappa shape index (κ2) is 10.9. The molecule has 2 aliphatic carbocycles. The zero-order valence-electron chi connectivity index (χ0n) is 20.3. The van der Waals surface area contributed by atoms with Crippen molar-refractivity contribution in [2.75, 3.05) is 6.61 Å². The van der Waals surface area contributed by atoms with Crippen LogP contribution in [-0.4, -0.2) is 41.8 Å². The van der Waals surface area contributed by atoms with Gasteiger partial charge in [-0.3, -0.25) is 9.59 Å². The lowest BCUT2D eigenvalue weighted by Crippen LogP contribution is -2.54. The molecule has 0 saturated heterocycles. The molecule has 7 heteroatoms. The summed E-state index contributed by atoms with van der Waals surface area (Å²) in [6, 6.07) is 15.3. The van der Waals surface area contributed by atoms with Crippen LogP contribution in [0.5, 0.6) is 0 Å². The molecule has 0 radical (unpaired) electrons. The Balaban J connectivity index is 1.38. The van der Waals surface area contributed by atoms with E-state index in [0.717, 1.165) is 47.9 Å². The van der Waals surface area contributed by atoms with Crippen molar-refractivity contribution in [2.24, 2.45) is 11.8 Å². The summed E-state index contributed by atoms with van der Waals surface area (Å²) in [6.45, 7) is 3.91. The minimum atomic E-state index is -0.853. The number of hydrogen-bond donors (Lipinski definition) is 3. The predicted molar refractivity (Wildman–Crippen MR) is 133 cm³/mol. The molecule has 2 aromatic rings. The number of benzene rings is 2. The van der Waals surface area contributed by atoms with Gasteiger partial charge >= 0.3 is 12.1 Å². The van der Waals surface area contributed by atoms with Gasteiger partial charge in [0, 0.05) is 12.0 Å². The zero-order chi connectivity index (χ0) is 24.9. The summed E-state index contributed by atoms with van der Waals surface area (Å²) >= 11 is 0. The van der Waals surface area contributed by atoms with E-state index >= 15 is 0 Å². The van der Waals surface area contributed by atoms with Crippen molar-refractivity contribution in [3.63, 3.8) is 0 Å². The second-order valence-corrected chi connectivity index (χ2v) is 9.95. The van der Waals surface area contributed by atoms with E-state index in [9.17, 15) is 19.5 Å². The van der Waals surface area contributed by atoms with Gasteiger partial charge in [-0.05, 0) is 46.9 Å². The molecule has 3 atom stereocenters. The van der Waals surface area contributed by atoms with Crippen LogP contribution in [0.3, 0.4) is 0 Å². The summed E-state index contributed by atoms with van der Waals surface area (Å²) in [5, 5.41) is 15.0. The van der Waals surface area contributed by atoms with E-state index in [4.69, 9.17) is 4.74 Å². The summed E-state index contributed by atoms with van der Waals surface area (Å²) < 4.78 is 5.63. The van der Waals surface area contributed by atoms with Crippen molar-refractivity contribution in [2.45, 2.75) is 64.0 Å². The molecule has 0 bridgehead atoms. The molecule has 0 spiro atoms. The van der Waals surface area contributed by atoms with Gasteiger partial charge in [-0.1, -0.05) is 75.2 Å². The van der Waals surface area contributed by atoms with Crippen molar-refractivity contribution in [1.82, 2.24) is 10.6 Å². The standard InChI is InChI=1S/C28H34N2O5/c1-17(2)26(27(33)29-24-14-8-3-9-18(24)15-25(31)32)30-28(34)35-16-23-21-12-6-4-10-19(21)20-11-5-7-13-22(20)23/h4-7,10-13,17-18,23-24,26H,3,8-9,14-16H2,1-2H3,(H,29,33)(H,30,34)(H,31,32). The van der Waals surface area contributed by atoms with E-state index in [0.29, 0.717) is 0 Å². The van der Waals surface area contributed by atoms with E-state index in [-0.39, 0.29) is 42.7 Å². The molecule has 3 unspecified atom stereocenters. The van der Waals surface area contributed by atoms with Crippen LogP contribution in [0.4, 0.5) is 4.79 Å². The highest BCUT2D eigenvalue weighted by molar-refractivity contribution is 5.86. The van der Waals surface area contributed by atoms with E-state index in [1.807, 2.05) is 38.1 Å². The van der Waals surface area contributed by atoms with E-state index < -0.39 is 18.1 Å². The molecule has 7 nitrogen and oxygen atoms in total. The van der Waals surface area contributed by atoms with Crippen LogP contribution in [0, 0.1) is 11.8 Å². The van der Waals surface area contributed by atoms with Gasteiger partial charge in [0.15, 0.2) is 0 Å².